The lowest BCUT2D eigenvalue weighted by molar-refractivity contribution is -0.118. The molecule has 2 aromatic rings. The fourth-order valence-electron chi connectivity index (χ4n) is 3.26. The molecule has 1 aliphatic rings. The van der Waals surface area contributed by atoms with Gasteiger partial charge < -0.3 is 20.4 Å². The summed E-state index contributed by atoms with van der Waals surface area (Å²) in [4.78, 5) is 34.2. The first-order valence-corrected chi connectivity index (χ1v) is 10.1. The number of halogens is 1. The number of piperazine rings is 1. The minimum Gasteiger partial charge on any atom is -0.354 e. The van der Waals surface area contributed by atoms with Crippen LogP contribution in [-0.4, -0.2) is 61.0 Å². The van der Waals surface area contributed by atoms with Crippen molar-refractivity contribution >= 4 is 23.3 Å². The second-order valence-corrected chi connectivity index (χ2v) is 7.89. The number of hydrogen-bond acceptors (Lipinski definition) is 5. The molecule has 1 saturated heterocycles. The molecule has 1 aliphatic heterocycles. The zero-order valence-electron chi connectivity index (χ0n) is 17.6. The van der Waals surface area contributed by atoms with E-state index >= 15 is 0 Å². The van der Waals surface area contributed by atoms with Gasteiger partial charge in [0, 0.05) is 31.7 Å². The van der Waals surface area contributed by atoms with Crippen molar-refractivity contribution in [2.45, 2.75) is 19.9 Å². The molecule has 1 aromatic heterocycles. The van der Waals surface area contributed by atoms with E-state index in [-0.39, 0.29) is 11.8 Å². The van der Waals surface area contributed by atoms with Gasteiger partial charge in [-0.25, -0.2) is 9.37 Å². The van der Waals surface area contributed by atoms with Gasteiger partial charge in [-0.15, -0.1) is 0 Å². The van der Waals surface area contributed by atoms with E-state index in [1.807, 2.05) is 26.0 Å². The largest absolute Gasteiger partial charge is 0.354 e. The lowest BCUT2D eigenvalue weighted by Crippen LogP contribution is -2.47. The quantitative estimate of drug-likeness (QED) is 0.760. The van der Waals surface area contributed by atoms with Crippen LogP contribution in [0.1, 0.15) is 24.2 Å². The molecule has 30 heavy (non-hydrogen) atoms. The summed E-state index contributed by atoms with van der Waals surface area (Å²) in [6.07, 6.45) is 1.63. The van der Waals surface area contributed by atoms with E-state index in [9.17, 15) is 14.0 Å². The summed E-state index contributed by atoms with van der Waals surface area (Å²) < 4.78 is 13.1. The molecule has 0 radical (unpaired) electrons. The molecule has 0 bridgehead atoms. The van der Waals surface area contributed by atoms with Crippen molar-refractivity contribution in [3.8, 4) is 0 Å². The van der Waals surface area contributed by atoms with Crippen LogP contribution in [0.4, 0.5) is 15.9 Å². The smallest absolute Gasteiger partial charge is 0.251 e. The Morgan fingerprint density at radius 2 is 1.70 bits per heavy atom. The Morgan fingerprint density at radius 1 is 1.03 bits per heavy atom. The lowest BCUT2D eigenvalue weighted by Gasteiger charge is -2.33. The summed E-state index contributed by atoms with van der Waals surface area (Å²) in [5.41, 5.74) is 0.868. The highest BCUT2D eigenvalue weighted by molar-refractivity contribution is 6.01. The van der Waals surface area contributed by atoms with Gasteiger partial charge in [-0.05, 0) is 49.4 Å². The molecule has 160 valence electrons. The van der Waals surface area contributed by atoms with Crippen LogP contribution in [0.25, 0.3) is 0 Å². The van der Waals surface area contributed by atoms with E-state index in [2.05, 4.69) is 32.5 Å². The van der Waals surface area contributed by atoms with Crippen molar-refractivity contribution < 1.29 is 14.0 Å². The number of benzene rings is 1. The highest BCUT2D eigenvalue weighted by atomic mass is 19.1. The molecule has 1 fully saturated rings. The van der Waals surface area contributed by atoms with Crippen molar-refractivity contribution in [1.29, 1.82) is 0 Å². The monoisotopic (exact) mass is 413 g/mol. The van der Waals surface area contributed by atoms with Crippen molar-refractivity contribution in [3.63, 3.8) is 0 Å². The molecule has 0 spiro atoms. The minimum absolute atomic E-state index is 0.132. The summed E-state index contributed by atoms with van der Waals surface area (Å²) in [6, 6.07) is 8.18. The van der Waals surface area contributed by atoms with E-state index in [0.29, 0.717) is 11.3 Å². The Hall–Kier alpha value is -3.00. The Labute approximate surface area is 176 Å². The van der Waals surface area contributed by atoms with Crippen LogP contribution < -0.4 is 15.5 Å². The fourth-order valence-corrected chi connectivity index (χ4v) is 3.26. The summed E-state index contributed by atoms with van der Waals surface area (Å²) in [6.45, 7) is 7.52. The normalized spacial score (nSPS) is 15.7. The van der Waals surface area contributed by atoms with Crippen LogP contribution in [0.3, 0.4) is 0 Å². The van der Waals surface area contributed by atoms with Gasteiger partial charge in [-0.2, -0.15) is 0 Å². The molecule has 0 aliphatic carbocycles. The molecule has 0 unspecified atom stereocenters. The molecule has 3 rings (SSSR count). The molecule has 2 amide bonds. The molecular formula is C22H28FN5O2. The summed E-state index contributed by atoms with van der Waals surface area (Å²) >= 11 is 0. The number of pyridine rings is 1. The Balaban J connectivity index is 1.61. The summed E-state index contributed by atoms with van der Waals surface area (Å²) in [5, 5.41) is 5.56. The zero-order valence-corrected chi connectivity index (χ0v) is 17.6. The highest BCUT2D eigenvalue weighted by Gasteiger charge is 2.25. The van der Waals surface area contributed by atoms with Crippen molar-refractivity contribution in [2.24, 2.45) is 5.92 Å². The third-order valence-corrected chi connectivity index (χ3v) is 5.18. The van der Waals surface area contributed by atoms with Gasteiger partial charge in [0.2, 0.25) is 5.91 Å². The summed E-state index contributed by atoms with van der Waals surface area (Å²) in [5.74, 6) is -0.419. The van der Waals surface area contributed by atoms with Crippen LogP contribution in [0, 0.1) is 11.7 Å². The van der Waals surface area contributed by atoms with Crippen molar-refractivity contribution in [2.75, 3.05) is 43.4 Å². The second kappa shape index (κ2) is 9.67. The minimum atomic E-state index is -0.736. The second-order valence-electron chi connectivity index (χ2n) is 7.89. The number of aromatic nitrogens is 1. The number of carbonyl (C=O) groups excluding carboxylic acids is 2. The fraction of sp³-hybridized carbons (Fsp3) is 0.409. The van der Waals surface area contributed by atoms with Gasteiger partial charge in [-0.3, -0.25) is 9.59 Å². The van der Waals surface area contributed by atoms with Gasteiger partial charge in [0.05, 0.1) is 11.9 Å². The SMILES string of the molecule is CC(C)[C@H](NC(=O)c1ccc(F)cc1)C(=O)Nc1ccc(N2CCN(C)CC2)nc1. The number of amides is 2. The topological polar surface area (TPSA) is 77.6 Å². The third-order valence-electron chi connectivity index (χ3n) is 5.18. The standard InChI is InChI=1S/C22H28FN5O2/c1-15(2)20(26-21(29)16-4-6-17(23)7-5-16)22(30)25-18-8-9-19(24-14-18)28-12-10-27(3)11-13-28/h4-9,14-15,20H,10-13H2,1-3H3,(H,25,30)(H,26,29)/t20-/m0/s1. The van der Waals surface area contributed by atoms with E-state index in [0.717, 1.165) is 32.0 Å². The first-order chi connectivity index (χ1) is 14.3. The average molecular weight is 413 g/mol. The Bertz CT molecular complexity index is 862. The molecule has 7 nitrogen and oxygen atoms in total. The maximum absolute atomic E-state index is 13.1. The van der Waals surface area contributed by atoms with Crippen LogP contribution in [0.2, 0.25) is 0 Å². The molecule has 1 aromatic carbocycles. The molecule has 1 atom stereocenters. The first kappa shape index (κ1) is 21.7. The average Bonchev–Trinajstić information content (AvgIpc) is 2.73. The number of carbonyl (C=O) groups is 2. The van der Waals surface area contributed by atoms with Crippen molar-refractivity contribution in [1.82, 2.24) is 15.2 Å². The molecule has 2 N–H and O–H groups in total. The molecule has 0 saturated carbocycles. The van der Waals surface area contributed by atoms with Crippen LogP contribution in [0.15, 0.2) is 42.6 Å². The number of hydrogen-bond donors (Lipinski definition) is 2. The number of likely N-dealkylation sites (N-methyl/N-ethyl adjacent to an activating group) is 1. The Morgan fingerprint density at radius 3 is 2.27 bits per heavy atom. The number of rotatable bonds is 6. The van der Waals surface area contributed by atoms with Crippen LogP contribution in [0.5, 0.6) is 0 Å². The predicted molar refractivity (Wildman–Crippen MR) is 115 cm³/mol. The van der Waals surface area contributed by atoms with Gasteiger partial charge in [0.1, 0.15) is 17.7 Å². The number of nitrogens with one attached hydrogen (secondary N) is 2. The van der Waals surface area contributed by atoms with E-state index in [4.69, 9.17) is 0 Å². The zero-order chi connectivity index (χ0) is 21.7. The van der Waals surface area contributed by atoms with Gasteiger partial charge >= 0.3 is 0 Å². The van der Waals surface area contributed by atoms with Crippen molar-refractivity contribution in [3.05, 3.63) is 54.0 Å². The number of nitrogens with zero attached hydrogens (tertiary/aromatic N) is 3. The first-order valence-electron chi connectivity index (χ1n) is 10.1. The van der Waals surface area contributed by atoms with Crippen LogP contribution >= 0.6 is 0 Å². The third kappa shape index (κ3) is 5.54. The van der Waals surface area contributed by atoms with Gasteiger partial charge in [-0.1, -0.05) is 13.8 Å². The number of anilines is 2. The van der Waals surface area contributed by atoms with E-state index < -0.39 is 17.8 Å². The Kier molecular flexibility index (Phi) is 6.99. The maximum Gasteiger partial charge on any atom is 0.251 e. The molecule has 8 heteroatoms. The van der Waals surface area contributed by atoms with Gasteiger partial charge in [0.25, 0.3) is 5.91 Å². The predicted octanol–water partition coefficient (Wildman–Crippen LogP) is 2.37. The summed E-state index contributed by atoms with van der Waals surface area (Å²) in [7, 11) is 2.10. The maximum atomic E-state index is 13.1. The molecular weight excluding hydrogens is 385 g/mol. The van der Waals surface area contributed by atoms with E-state index in [1.165, 1.54) is 24.3 Å². The lowest BCUT2D eigenvalue weighted by atomic mass is 10.0. The highest BCUT2D eigenvalue weighted by Crippen LogP contribution is 2.17. The molecule has 2 heterocycles. The van der Waals surface area contributed by atoms with Gasteiger partial charge in [0.15, 0.2) is 0 Å². The van der Waals surface area contributed by atoms with E-state index in [1.54, 1.807) is 6.20 Å². The van der Waals surface area contributed by atoms with Crippen LogP contribution in [-0.2, 0) is 4.79 Å².